The second-order valence-corrected chi connectivity index (χ2v) is 20.9. The van der Waals surface area contributed by atoms with Gasteiger partial charge in [-0.3, -0.25) is 9.59 Å². The van der Waals surface area contributed by atoms with E-state index in [9.17, 15) is 54.9 Å². The van der Waals surface area contributed by atoms with E-state index < -0.39 is 95.7 Å². The van der Waals surface area contributed by atoms with E-state index >= 15 is 0 Å². The fourth-order valence-electron chi connectivity index (χ4n) is 13.5. The molecule has 19 atom stereocenters. The molecule has 326 valence electrons. The van der Waals surface area contributed by atoms with Crippen LogP contribution in [0.25, 0.3) is 0 Å². The Hall–Kier alpha value is -2.34. The van der Waals surface area contributed by atoms with E-state index in [-0.39, 0.29) is 45.6 Å². The van der Waals surface area contributed by atoms with Gasteiger partial charge in [0.1, 0.15) is 42.4 Å². The van der Waals surface area contributed by atoms with Crippen molar-refractivity contribution >= 4 is 23.5 Å². The predicted octanol–water partition coefficient (Wildman–Crippen LogP) is 2.75. The first-order chi connectivity index (χ1) is 26.8. The van der Waals surface area contributed by atoms with Crippen LogP contribution in [0.5, 0.6) is 0 Å². The van der Waals surface area contributed by atoms with Gasteiger partial charge in [0.05, 0.1) is 6.10 Å². The highest BCUT2D eigenvalue weighted by Crippen LogP contribution is 2.75. The van der Waals surface area contributed by atoms with Crippen molar-refractivity contribution in [3.63, 3.8) is 0 Å². The van der Waals surface area contributed by atoms with Crippen molar-refractivity contribution in [3.8, 4) is 0 Å². The molecule has 6 fully saturated rings. The molecule has 0 unspecified atom stereocenters. The lowest BCUT2D eigenvalue weighted by atomic mass is 9.33. The van der Waals surface area contributed by atoms with Gasteiger partial charge in [0, 0.05) is 11.3 Å². The molecule has 0 aromatic carbocycles. The molecule has 7 N–H and O–H groups in total. The van der Waals surface area contributed by atoms with Crippen molar-refractivity contribution in [2.75, 3.05) is 0 Å². The summed E-state index contributed by atoms with van der Waals surface area (Å²) in [4.78, 5) is 51.8. The number of aliphatic carboxylic acids is 2. The zero-order chi connectivity index (χ0) is 42.9. The van der Waals surface area contributed by atoms with Crippen LogP contribution >= 0.6 is 0 Å². The molecule has 0 aromatic heterocycles. The number of rotatable bonds is 7. The van der Waals surface area contributed by atoms with Gasteiger partial charge in [-0.15, -0.1) is 0 Å². The smallest absolute Gasteiger partial charge is 0.335 e. The molecule has 2 heterocycles. The number of aliphatic hydroxyl groups excluding tert-OH is 5. The lowest BCUT2D eigenvalue weighted by Crippen LogP contribution is -2.68. The summed E-state index contributed by atoms with van der Waals surface area (Å²) < 4.78 is 23.4. The summed E-state index contributed by atoms with van der Waals surface area (Å²) in [5, 5.41) is 72.8. The van der Waals surface area contributed by atoms with Crippen LogP contribution in [-0.2, 0) is 38.1 Å². The Labute approximate surface area is 339 Å². The van der Waals surface area contributed by atoms with Crippen LogP contribution in [0.2, 0.25) is 0 Å². The van der Waals surface area contributed by atoms with E-state index in [1.54, 1.807) is 6.92 Å². The minimum absolute atomic E-state index is 0.0224. The Morgan fingerprint density at radius 1 is 0.707 bits per heavy atom. The van der Waals surface area contributed by atoms with E-state index in [2.05, 4.69) is 34.6 Å². The molecule has 7 aliphatic rings. The molecule has 0 aromatic rings. The van der Waals surface area contributed by atoms with Crippen LogP contribution in [0.1, 0.15) is 113 Å². The Balaban J connectivity index is 1.17. The Morgan fingerprint density at radius 2 is 1.29 bits per heavy atom. The number of carbonyl (C=O) groups is 4. The number of allylic oxidation sites excluding steroid dienone is 2. The van der Waals surface area contributed by atoms with Gasteiger partial charge in [-0.05, 0) is 110 Å². The molecule has 0 radical (unpaired) electrons. The average molecular weight is 821 g/mol. The summed E-state index contributed by atoms with van der Waals surface area (Å²) in [6, 6.07) is 0. The summed E-state index contributed by atoms with van der Waals surface area (Å²) >= 11 is 0. The van der Waals surface area contributed by atoms with E-state index in [1.807, 2.05) is 19.9 Å². The standard InChI is InChI=1S/C43H64O15/c1-19(44)40(5)14-13-39(4)15-16-42(7)20(21(39)18-40)17-22(45)33-41(6)11-10-24(38(2,3)23(41)9-12-43(33,42)8)55-37-32(28(49)27(48)31(57-37)35(53)54)58-36-29(50)25(46)26(47)30(56-36)34(51)52/h17,21,23-33,36-37,46-50H,9-16,18H2,1-8H3,(H,51,52)(H,53,54)/t21-,23-,24+,25-,26-,27-,28-,29+,30-,31-,32+,33+,36-,37-,39+,40+,41-,42+,43+/m1/s1. The van der Waals surface area contributed by atoms with Crippen molar-refractivity contribution in [3.05, 3.63) is 11.6 Å². The summed E-state index contributed by atoms with van der Waals surface area (Å²) in [5.74, 6) is -3.14. The van der Waals surface area contributed by atoms with Gasteiger partial charge in [0.25, 0.3) is 0 Å². The number of fused-ring (bicyclic) bond motifs is 7. The molecule has 7 rings (SSSR count). The lowest BCUT2D eigenvalue weighted by molar-refractivity contribution is -0.371. The number of carbonyl (C=O) groups excluding carboxylic acids is 2. The van der Waals surface area contributed by atoms with Crippen molar-refractivity contribution < 1.29 is 73.9 Å². The van der Waals surface area contributed by atoms with Crippen molar-refractivity contribution in [2.45, 2.75) is 181 Å². The minimum atomic E-state index is -2.04. The molecule has 15 heteroatoms. The van der Waals surface area contributed by atoms with Crippen LogP contribution < -0.4 is 0 Å². The topological polar surface area (TPSA) is 247 Å². The highest BCUT2D eigenvalue weighted by atomic mass is 16.8. The fraction of sp³-hybridized carbons (Fsp3) is 0.860. The average Bonchev–Trinajstić information content (AvgIpc) is 3.13. The first-order valence-electron chi connectivity index (χ1n) is 21.0. The molecule has 0 bridgehead atoms. The van der Waals surface area contributed by atoms with Gasteiger partial charge in [-0.1, -0.05) is 54.0 Å². The normalized spacial score (nSPS) is 52.6. The largest absolute Gasteiger partial charge is 0.479 e. The van der Waals surface area contributed by atoms with Gasteiger partial charge in [0.2, 0.25) is 0 Å². The number of hydrogen-bond acceptors (Lipinski definition) is 13. The van der Waals surface area contributed by atoms with Gasteiger partial charge in [0.15, 0.2) is 30.6 Å². The molecular weight excluding hydrogens is 756 g/mol. The molecule has 0 amide bonds. The second kappa shape index (κ2) is 14.4. The number of Topliss-reactive ketones (excluding diaryl/α,β-unsaturated/α-hetero) is 1. The maximum atomic E-state index is 14.9. The lowest BCUT2D eigenvalue weighted by Gasteiger charge is -2.70. The third kappa shape index (κ3) is 6.30. The third-order valence-electron chi connectivity index (χ3n) is 17.6. The Kier molecular flexibility index (Phi) is 10.8. The van der Waals surface area contributed by atoms with Crippen LogP contribution in [0.4, 0.5) is 0 Å². The van der Waals surface area contributed by atoms with Gasteiger partial charge >= 0.3 is 11.9 Å². The van der Waals surface area contributed by atoms with Crippen molar-refractivity contribution in [1.29, 1.82) is 0 Å². The van der Waals surface area contributed by atoms with E-state index in [1.165, 1.54) is 5.57 Å². The zero-order valence-electron chi connectivity index (χ0n) is 34.9. The number of carboxylic acids is 2. The fourth-order valence-corrected chi connectivity index (χ4v) is 13.5. The van der Waals surface area contributed by atoms with Crippen molar-refractivity contribution in [2.24, 2.45) is 50.2 Å². The number of aliphatic hydroxyl groups is 5. The maximum absolute atomic E-state index is 14.9. The number of carboxylic acid groups (broad SMARTS) is 2. The molecule has 58 heavy (non-hydrogen) atoms. The van der Waals surface area contributed by atoms with Crippen molar-refractivity contribution in [1.82, 2.24) is 0 Å². The first-order valence-corrected chi connectivity index (χ1v) is 21.0. The van der Waals surface area contributed by atoms with Crippen LogP contribution in [0.15, 0.2) is 11.6 Å². The summed E-state index contributed by atoms with van der Waals surface area (Å²) in [5.41, 5.74) is -0.931. The van der Waals surface area contributed by atoms with Crippen LogP contribution in [0.3, 0.4) is 0 Å². The monoisotopic (exact) mass is 820 g/mol. The van der Waals surface area contributed by atoms with Gasteiger partial charge in [-0.2, -0.15) is 0 Å². The Morgan fingerprint density at radius 3 is 1.90 bits per heavy atom. The summed E-state index contributed by atoms with van der Waals surface area (Å²) in [6.45, 7) is 17.1. The first kappa shape index (κ1) is 43.7. The molecule has 2 aliphatic heterocycles. The summed E-state index contributed by atoms with van der Waals surface area (Å²) in [7, 11) is 0. The van der Waals surface area contributed by atoms with Gasteiger partial charge in [-0.25, -0.2) is 9.59 Å². The summed E-state index contributed by atoms with van der Waals surface area (Å²) in [6.07, 6.45) is -11.1. The SMILES string of the molecule is CC(=O)[C@@]1(C)CC[C@@]2(C)CC[C@@]3(C)C(=CC(=O)[C@H]4[C@]5(C)CC[C@H](O[C@@H]6O[C@@H](C(=O)O)[C@H](O)[C@@H](O)[C@@H]6O[C@H]6O[C@@H](C(=O)O)[C@H](O)[C@@H](O)[C@@H]6O)C(C)(C)[C@H]5CC[C@@]43C)[C@H]2C1. The molecule has 0 spiro atoms. The third-order valence-corrected chi connectivity index (χ3v) is 17.6. The predicted molar refractivity (Wildman–Crippen MR) is 202 cm³/mol. The van der Waals surface area contributed by atoms with Crippen LogP contribution in [-0.4, -0.2) is 127 Å². The minimum Gasteiger partial charge on any atom is -0.479 e. The van der Waals surface area contributed by atoms with Crippen LogP contribution in [0, 0.1) is 50.2 Å². The number of ketones is 2. The Bertz CT molecular complexity index is 1730. The quantitative estimate of drug-likeness (QED) is 0.183. The molecule has 2 saturated heterocycles. The highest BCUT2D eigenvalue weighted by Gasteiger charge is 2.71. The maximum Gasteiger partial charge on any atom is 0.335 e. The second-order valence-electron chi connectivity index (χ2n) is 20.9. The van der Waals surface area contributed by atoms with Gasteiger partial charge < -0.3 is 54.7 Å². The number of ether oxygens (including phenoxy) is 4. The molecular formula is C43H64O15. The molecule has 15 nitrogen and oxygen atoms in total. The van der Waals surface area contributed by atoms with E-state index in [0.717, 1.165) is 44.9 Å². The number of hydrogen-bond donors (Lipinski definition) is 7. The highest BCUT2D eigenvalue weighted by molar-refractivity contribution is 5.95. The molecule has 5 aliphatic carbocycles. The molecule has 4 saturated carbocycles. The zero-order valence-corrected chi connectivity index (χ0v) is 34.9. The van der Waals surface area contributed by atoms with E-state index in [0.29, 0.717) is 12.8 Å². The van der Waals surface area contributed by atoms with E-state index in [4.69, 9.17) is 18.9 Å².